The summed E-state index contributed by atoms with van der Waals surface area (Å²) in [6.07, 6.45) is 1.52. The van der Waals surface area contributed by atoms with Gasteiger partial charge in [0, 0.05) is 18.2 Å². The molecule has 0 aliphatic carbocycles. The summed E-state index contributed by atoms with van der Waals surface area (Å²) in [6, 6.07) is 10.8. The molecule has 0 aliphatic heterocycles. The number of pyridine rings is 1. The number of carbonyl (C=O) groups is 1. The molecule has 0 radical (unpaired) electrons. The number of benzene rings is 1. The van der Waals surface area contributed by atoms with Gasteiger partial charge in [0.15, 0.2) is 14.9 Å². The van der Waals surface area contributed by atoms with Crippen molar-refractivity contribution in [2.24, 2.45) is 5.92 Å². The van der Waals surface area contributed by atoms with E-state index in [-0.39, 0.29) is 16.9 Å². The lowest BCUT2D eigenvalue weighted by atomic mass is 10.1. The molecule has 27 heavy (non-hydrogen) atoms. The number of anilines is 2. The zero-order valence-electron chi connectivity index (χ0n) is 16.4. The summed E-state index contributed by atoms with van der Waals surface area (Å²) in [5.74, 6) is -0.0823. The van der Waals surface area contributed by atoms with Crippen molar-refractivity contribution in [3.05, 3.63) is 48.2 Å². The molecule has 1 aromatic carbocycles. The summed E-state index contributed by atoms with van der Waals surface area (Å²) < 4.78 is 23.9. The van der Waals surface area contributed by atoms with Gasteiger partial charge in [-0.2, -0.15) is 0 Å². The predicted molar refractivity (Wildman–Crippen MR) is 108 cm³/mol. The second-order valence-corrected chi connectivity index (χ2v) is 10.3. The molecule has 6 nitrogen and oxygen atoms in total. The lowest BCUT2D eigenvalue weighted by Gasteiger charge is -2.18. The Morgan fingerprint density at radius 1 is 1.04 bits per heavy atom. The number of hydrogen-bond donors (Lipinski definition) is 2. The minimum atomic E-state index is -3.45. The molecular weight excluding hydrogens is 362 g/mol. The van der Waals surface area contributed by atoms with Crippen LogP contribution < -0.4 is 10.6 Å². The van der Waals surface area contributed by atoms with E-state index >= 15 is 0 Å². The molecular formula is C20H27N3O3S. The third-order valence-corrected chi connectivity index (χ3v) is 6.46. The van der Waals surface area contributed by atoms with E-state index in [4.69, 9.17) is 0 Å². The molecule has 0 saturated heterocycles. The van der Waals surface area contributed by atoms with Crippen molar-refractivity contribution < 1.29 is 13.2 Å². The fourth-order valence-corrected chi connectivity index (χ4v) is 3.22. The van der Waals surface area contributed by atoms with Gasteiger partial charge >= 0.3 is 0 Å². The van der Waals surface area contributed by atoms with Crippen LogP contribution in [-0.4, -0.2) is 24.1 Å². The quantitative estimate of drug-likeness (QED) is 0.783. The largest absolute Gasteiger partial charge is 0.380 e. The van der Waals surface area contributed by atoms with E-state index in [1.54, 1.807) is 26.8 Å². The van der Waals surface area contributed by atoms with Gasteiger partial charge in [-0.15, -0.1) is 0 Å². The van der Waals surface area contributed by atoms with Gasteiger partial charge < -0.3 is 10.6 Å². The van der Waals surface area contributed by atoms with Crippen molar-refractivity contribution in [1.82, 2.24) is 4.98 Å². The molecule has 1 amide bonds. The molecule has 2 aromatic rings. The summed E-state index contributed by atoms with van der Waals surface area (Å²) in [6.45, 7) is 9.22. The van der Waals surface area contributed by atoms with Crippen LogP contribution in [0.3, 0.4) is 0 Å². The summed E-state index contributed by atoms with van der Waals surface area (Å²) in [4.78, 5) is 15.8. The molecule has 7 heteroatoms. The highest BCUT2D eigenvalue weighted by molar-refractivity contribution is 7.92. The van der Waals surface area contributed by atoms with Gasteiger partial charge in [0.2, 0.25) is 5.91 Å². The van der Waals surface area contributed by atoms with Crippen molar-refractivity contribution >= 4 is 27.1 Å². The monoisotopic (exact) mass is 389 g/mol. The average molecular weight is 390 g/mol. The van der Waals surface area contributed by atoms with Gasteiger partial charge in [0.25, 0.3) is 0 Å². The number of carbonyl (C=O) groups excluding carboxylic acids is 1. The van der Waals surface area contributed by atoms with Crippen LogP contribution in [0.15, 0.2) is 47.6 Å². The van der Waals surface area contributed by atoms with E-state index in [1.807, 2.05) is 38.1 Å². The van der Waals surface area contributed by atoms with Crippen molar-refractivity contribution in [2.45, 2.75) is 50.9 Å². The number of amides is 1. The summed E-state index contributed by atoms with van der Waals surface area (Å²) >= 11 is 0. The van der Waals surface area contributed by atoms with Crippen molar-refractivity contribution in [1.29, 1.82) is 0 Å². The summed E-state index contributed by atoms with van der Waals surface area (Å²) in [7, 11) is -3.45. The van der Waals surface area contributed by atoms with E-state index in [1.165, 1.54) is 12.3 Å². The van der Waals surface area contributed by atoms with Crippen LogP contribution in [0.1, 0.15) is 40.2 Å². The van der Waals surface area contributed by atoms with Crippen molar-refractivity contribution in [3.63, 3.8) is 0 Å². The first-order valence-electron chi connectivity index (χ1n) is 8.85. The minimum Gasteiger partial charge on any atom is -0.380 e. The van der Waals surface area contributed by atoms with Crippen molar-refractivity contribution in [2.75, 3.05) is 10.6 Å². The zero-order valence-corrected chi connectivity index (χ0v) is 17.2. The molecule has 0 saturated carbocycles. The molecule has 0 fully saturated rings. The number of sulfone groups is 1. The second-order valence-electron chi connectivity index (χ2n) is 7.70. The van der Waals surface area contributed by atoms with Gasteiger partial charge in [0.1, 0.15) is 0 Å². The first kappa shape index (κ1) is 20.9. The summed E-state index contributed by atoms with van der Waals surface area (Å²) in [5.41, 5.74) is 2.53. The van der Waals surface area contributed by atoms with Crippen LogP contribution in [0, 0.1) is 5.92 Å². The van der Waals surface area contributed by atoms with Gasteiger partial charge in [-0.25, -0.2) is 13.4 Å². The average Bonchev–Trinajstić information content (AvgIpc) is 2.60. The Labute approximate surface area is 161 Å². The topological polar surface area (TPSA) is 88.2 Å². The molecule has 0 spiro atoms. The maximum atomic E-state index is 12.4. The Balaban J connectivity index is 1.98. The molecule has 146 valence electrons. The third-order valence-electron chi connectivity index (χ3n) is 4.06. The smallest absolute Gasteiger partial charge is 0.226 e. The van der Waals surface area contributed by atoms with Crippen LogP contribution in [0.25, 0.3) is 0 Å². The number of hydrogen-bond acceptors (Lipinski definition) is 5. The van der Waals surface area contributed by atoms with Crippen molar-refractivity contribution in [3.8, 4) is 0 Å². The molecule has 0 bridgehead atoms. The molecule has 2 N–H and O–H groups in total. The molecule has 0 atom stereocenters. The van der Waals surface area contributed by atoms with Crippen LogP contribution in [0.2, 0.25) is 0 Å². The highest BCUT2D eigenvalue weighted by Crippen LogP contribution is 2.24. The van der Waals surface area contributed by atoms with Crippen LogP contribution >= 0.6 is 0 Å². The number of nitrogens with zero attached hydrogens (tertiary/aromatic N) is 1. The van der Waals surface area contributed by atoms with E-state index in [0.717, 1.165) is 16.9 Å². The Morgan fingerprint density at radius 2 is 1.63 bits per heavy atom. The van der Waals surface area contributed by atoms with Gasteiger partial charge in [-0.3, -0.25) is 4.79 Å². The zero-order chi connectivity index (χ0) is 20.2. The van der Waals surface area contributed by atoms with E-state index in [0.29, 0.717) is 6.54 Å². The third kappa shape index (κ3) is 5.29. The fourth-order valence-electron chi connectivity index (χ4n) is 2.15. The molecule has 1 heterocycles. The van der Waals surface area contributed by atoms with E-state index in [2.05, 4.69) is 15.6 Å². The molecule has 0 aliphatic rings. The maximum absolute atomic E-state index is 12.4. The standard InChI is InChI=1S/C20H27N3O3S/c1-14(2)19(24)23-16-8-6-15(7-9-16)12-21-17-10-11-18(22-13-17)27(25,26)20(3,4)5/h6-11,13-14,21H,12H2,1-5H3,(H,23,24). The Morgan fingerprint density at radius 3 is 2.11 bits per heavy atom. The van der Waals surface area contributed by atoms with Gasteiger partial charge in [-0.1, -0.05) is 26.0 Å². The Hall–Kier alpha value is -2.41. The fraction of sp³-hybridized carbons (Fsp3) is 0.400. The highest BCUT2D eigenvalue weighted by Gasteiger charge is 2.31. The normalized spacial score (nSPS) is 12.1. The number of rotatable bonds is 6. The van der Waals surface area contributed by atoms with Crippen LogP contribution in [0.5, 0.6) is 0 Å². The molecule has 1 aromatic heterocycles. The lowest BCUT2D eigenvalue weighted by molar-refractivity contribution is -0.118. The van der Waals surface area contributed by atoms with E-state index < -0.39 is 14.6 Å². The van der Waals surface area contributed by atoms with Gasteiger partial charge in [-0.05, 0) is 50.6 Å². The molecule has 2 rings (SSSR count). The van der Waals surface area contributed by atoms with Gasteiger partial charge in [0.05, 0.1) is 16.6 Å². The first-order valence-corrected chi connectivity index (χ1v) is 10.3. The lowest BCUT2D eigenvalue weighted by Crippen LogP contribution is -2.28. The Kier molecular flexibility index (Phi) is 6.26. The number of aromatic nitrogens is 1. The molecule has 0 unspecified atom stereocenters. The second kappa shape index (κ2) is 8.08. The number of nitrogens with one attached hydrogen (secondary N) is 2. The summed E-state index contributed by atoms with van der Waals surface area (Å²) in [5, 5.41) is 6.14. The highest BCUT2D eigenvalue weighted by atomic mass is 32.2. The van der Waals surface area contributed by atoms with Crippen LogP contribution in [0.4, 0.5) is 11.4 Å². The first-order chi connectivity index (χ1) is 12.5. The Bertz CT molecular complexity index is 882. The van der Waals surface area contributed by atoms with E-state index in [9.17, 15) is 13.2 Å². The predicted octanol–water partition coefficient (Wildman–Crippen LogP) is 3.86. The SMILES string of the molecule is CC(C)C(=O)Nc1ccc(CNc2ccc(S(=O)(=O)C(C)(C)C)nc2)cc1. The maximum Gasteiger partial charge on any atom is 0.226 e. The minimum absolute atomic E-state index is 0.0164. The van der Waals surface area contributed by atoms with Crippen LogP contribution in [-0.2, 0) is 21.2 Å².